The van der Waals surface area contributed by atoms with E-state index in [-0.39, 0.29) is 16.4 Å². The van der Waals surface area contributed by atoms with Gasteiger partial charge in [-0.1, -0.05) is 11.6 Å². The Bertz CT molecular complexity index is 652. The van der Waals surface area contributed by atoms with Gasteiger partial charge in [-0.2, -0.15) is 18.3 Å². The first kappa shape index (κ1) is 14.4. The normalized spacial score (nSPS) is 11.4. The number of halogens is 4. The summed E-state index contributed by atoms with van der Waals surface area (Å²) in [6.45, 7) is 1.62. The predicted octanol–water partition coefficient (Wildman–Crippen LogP) is 3.64. The van der Waals surface area contributed by atoms with Gasteiger partial charge < -0.3 is 5.32 Å². The minimum absolute atomic E-state index is 0.0620. The number of amides is 1. The van der Waals surface area contributed by atoms with Gasteiger partial charge in [-0.05, 0) is 30.7 Å². The van der Waals surface area contributed by atoms with Crippen molar-refractivity contribution in [3.63, 3.8) is 0 Å². The third kappa shape index (κ3) is 2.93. The van der Waals surface area contributed by atoms with Gasteiger partial charge in [0.15, 0.2) is 0 Å². The monoisotopic (exact) mass is 303 g/mol. The van der Waals surface area contributed by atoms with E-state index in [1.54, 1.807) is 6.92 Å². The van der Waals surface area contributed by atoms with Gasteiger partial charge >= 0.3 is 6.18 Å². The average Bonchev–Trinajstić information content (AvgIpc) is 2.76. The lowest BCUT2D eigenvalue weighted by Crippen LogP contribution is -2.17. The Morgan fingerprint density at radius 1 is 1.40 bits per heavy atom. The van der Waals surface area contributed by atoms with Gasteiger partial charge in [0.2, 0.25) is 0 Å². The molecule has 8 heteroatoms. The lowest BCUT2D eigenvalue weighted by atomic mass is 10.1. The van der Waals surface area contributed by atoms with Crippen LogP contribution in [-0.4, -0.2) is 16.1 Å². The number of aromatic amines is 1. The number of carbonyl (C=O) groups is 1. The zero-order valence-electron chi connectivity index (χ0n) is 10.2. The summed E-state index contributed by atoms with van der Waals surface area (Å²) in [5.41, 5.74) is -0.727. The van der Waals surface area contributed by atoms with E-state index in [0.29, 0.717) is 5.56 Å². The van der Waals surface area contributed by atoms with Gasteiger partial charge in [-0.15, -0.1) is 0 Å². The zero-order valence-corrected chi connectivity index (χ0v) is 10.9. The van der Waals surface area contributed by atoms with E-state index >= 15 is 0 Å². The van der Waals surface area contributed by atoms with Crippen molar-refractivity contribution in [3.05, 3.63) is 46.2 Å². The van der Waals surface area contributed by atoms with Crippen LogP contribution in [0.15, 0.2) is 24.4 Å². The van der Waals surface area contributed by atoms with Crippen LogP contribution in [0.25, 0.3) is 0 Å². The molecule has 20 heavy (non-hydrogen) atoms. The molecule has 0 unspecified atom stereocenters. The molecule has 0 fully saturated rings. The first-order valence-electron chi connectivity index (χ1n) is 5.47. The molecule has 0 aliphatic carbocycles. The fraction of sp³-hybridized carbons (Fsp3) is 0.167. The number of hydrogen-bond acceptors (Lipinski definition) is 2. The highest BCUT2D eigenvalue weighted by Gasteiger charge is 2.34. The van der Waals surface area contributed by atoms with E-state index in [0.717, 1.165) is 12.1 Å². The molecule has 0 radical (unpaired) electrons. The summed E-state index contributed by atoms with van der Waals surface area (Å²) in [5, 5.41) is 8.20. The highest BCUT2D eigenvalue weighted by Crippen LogP contribution is 2.36. The molecule has 2 aromatic rings. The molecule has 1 amide bonds. The van der Waals surface area contributed by atoms with Gasteiger partial charge in [-0.25, -0.2) is 0 Å². The van der Waals surface area contributed by atoms with Crippen LogP contribution in [0.1, 0.15) is 21.6 Å². The first-order valence-corrected chi connectivity index (χ1v) is 5.85. The molecule has 2 N–H and O–H groups in total. The SMILES string of the molecule is Cc1cn[nH]c1C(=O)Nc1ccc(Cl)cc1C(F)(F)F. The largest absolute Gasteiger partial charge is 0.418 e. The predicted molar refractivity (Wildman–Crippen MR) is 67.7 cm³/mol. The maximum absolute atomic E-state index is 12.9. The van der Waals surface area contributed by atoms with Crippen molar-refractivity contribution in [2.24, 2.45) is 0 Å². The molecule has 1 aromatic heterocycles. The highest BCUT2D eigenvalue weighted by molar-refractivity contribution is 6.30. The Kier molecular flexibility index (Phi) is 3.71. The summed E-state index contributed by atoms with van der Waals surface area (Å²) in [7, 11) is 0. The summed E-state index contributed by atoms with van der Waals surface area (Å²) in [6.07, 6.45) is -3.21. The van der Waals surface area contributed by atoms with Gasteiger partial charge in [0.1, 0.15) is 5.69 Å². The molecule has 0 spiro atoms. The Morgan fingerprint density at radius 3 is 2.65 bits per heavy atom. The molecule has 4 nitrogen and oxygen atoms in total. The molecular formula is C12H9ClF3N3O. The Balaban J connectivity index is 2.35. The number of aryl methyl sites for hydroxylation is 1. The number of carbonyl (C=O) groups excluding carboxylic acids is 1. The molecular weight excluding hydrogens is 295 g/mol. The first-order chi connectivity index (χ1) is 9.29. The van der Waals surface area contributed by atoms with Crippen molar-refractivity contribution in [3.8, 4) is 0 Å². The molecule has 1 aromatic carbocycles. The molecule has 0 aliphatic rings. The molecule has 2 rings (SSSR count). The number of rotatable bonds is 2. The lowest BCUT2D eigenvalue weighted by Gasteiger charge is -2.13. The standard InChI is InChI=1S/C12H9ClF3N3O/c1-6-5-17-19-10(6)11(20)18-9-3-2-7(13)4-8(9)12(14,15)16/h2-5H,1H3,(H,17,19)(H,18,20). The summed E-state index contributed by atoms with van der Waals surface area (Å²) in [4.78, 5) is 11.9. The van der Waals surface area contributed by atoms with E-state index in [4.69, 9.17) is 11.6 Å². The van der Waals surface area contributed by atoms with Crippen LogP contribution in [0.3, 0.4) is 0 Å². The van der Waals surface area contributed by atoms with Crippen LogP contribution >= 0.6 is 11.6 Å². The van der Waals surface area contributed by atoms with Crippen molar-refractivity contribution >= 4 is 23.2 Å². The molecule has 0 aliphatic heterocycles. The fourth-order valence-corrected chi connectivity index (χ4v) is 1.79. The minimum atomic E-state index is -4.61. The summed E-state index contributed by atoms with van der Waals surface area (Å²) >= 11 is 5.56. The van der Waals surface area contributed by atoms with Crippen LogP contribution in [-0.2, 0) is 6.18 Å². The molecule has 0 saturated heterocycles. The second-order valence-corrected chi connectivity index (χ2v) is 4.51. The number of nitrogens with zero attached hydrogens (tertiary/aromatic N) is 1. The maximum Gasteiger partial charge on any atom is 0.418 e. The second kappa shape index (κ2) is 5.16. The number of anilines is 1. The number of nitrogens with one attached hydrogen (secondary N) is 2. The van der Waals surface area contributed by atoms with Crippen molar-refractivity contribution in [2.45, 2.75) is 13.1 Å². The van der Waals surface area contributed by atoms with Crippen molar-refractivity contribution in [1.82, 2.24) is 10.2 Å². The number of alkyl halides is 3. The van der Waals surface area contributed by atoms with E-state index in [1.807, 2.05) is 0 Å². The number of H-pyrrole nitrogens is 1. The third-order valence-corrected chi connectivity index (χ3v) is 2.83. The van der Waals surface area contributed by atoms with E-state index in [1.165, 1.54) is 12.3 Å². The maximum atomic E-state index is 12.9. The Labute approximate surface area is 116 Å². The fourth-order valence-electron chi connectivity index (χ4n) is 1.62. The van der Waals surface area contributed by atoms with Crippen molar-refractivity contribution in [1.29, 1.82) is 0 Å². The van der Waals surface area contributed by atoms with Gasteiger partial charge in [0.25, 0.3) is 5.91 Å². The van der Waals surface area contributed by atoms with Crippen LogP contribution in [0.5, 0.6) is 0 Å². The average molecular weight is 304 g/mol. The smallest absolute Gasteiger partial charge is 0.320 e. The molecule has 0 bridgehead atoms. The second-order valence-electron chi connectivity index (χ2n) is 4.07. The van der Waals surface area contributed by atoms with Crippen molar-refractivity contribution in [2.75, 3.05) is 5.32 Å². The van der Waals surface area contributed by atoms with Crippen LogP contribution in [0.4, 0.5) is 18.9 Å². The topological polar surface area (TPSA) is 57.8 Å². The highest BCUT2D eigenvalue weighted by atomic mass is 35.5. The molecule has 106 valence electrons. The molecule has 0 atom stereocenters. The zero-order chi connectivity index (χ0) is 14.9. The summed E-state index contributed by atoms with van der Waals surface area (Å²) < 4.78 is 38.6. The Morgan fingerprint density at radius 2 is 2.10 bits per heavy atom. The summed E-state index contributed by atoms with van der Waals surface area (Å²) in [5.74, 6) is -0.701. The summed E-state index contributed by atoms with van der Waals surface area (Å²) in [6, 6.07) is 3.14. The third-order valence-electron chi connectivity index (χ3n) is 2.59. The quantitative estimate of drug-likeness (QED) is 0.890. The van der Waals surface area contributed by atoms with Crippen LogP contribution in [0, 0.1) is 6.92 Å². The van der Waals surface area contributed by atoms with Crippen molar-refractivity contribution < 1.29 is 18.0 Å². The van der Waals surface area contributed by atoms with Crippen LogP contribution in [0.2, 0.25) is 5.02 Å². The van der Waals surface area contributed by atoms with E-state index in [9.17, 15) is 18.0 Å². The lowest BCUT2D eigenvalue weighted by molar-refractivity contribution is -0.136. The Hall–Kier alpha value is -2.02. The van der Waals surface area contributed by atoms with Gasteiger partial charge in [0, 0.05) is 5.02 Å². The number of hydrogen-bond donors (Lipinski definition) is 2. The van der Waals surface area contributed by atoms with Crippen LogP contribution < -0.4 is 5.32 Å². The number of benzene rings is 1. The molecule has 0 saturated carbocycles. The molecule has 1 heterocycles. The van der Waals surface area contributed by atoms with Gasteiger partial charge in [-0.3, -0.25) is 9.89 Å². The number of aromatic nitrogens is 2. The van der Waals surface area contributed by atoms with E-state index in [2.05, 4.69) is 15.5 Å². The van der Waals surface area contributed by atoms with E-state index < -0.39 is 17.6 Å². The minimum Gasteiger partial charge on any atom is -0.320 e. The van der Waals surface area contributed by atoms with Gasteiger partial charge in [0.05, 0.1) is 17.4 Å².